The van der Waals surface area contributed by atoms with Gasteiger partial charge < -0.3 is 5.32 Å². The Bertz CT molecular complexity index is 916. The van der Waals surface area contributed by atoms with Crippen LogP contribution >= 0.6 is 0 Å². The first-order valence-corrected chi connectivity index (χ1v) is 9.39. The monoisotopic (exact) mass is 344 g/mol. The van der Waals surface area contributed by atoms with E-state index >= 15 is 0 Å². The average Bonchev–Trinajstić information content (AvgIpc) is 2.68. The van der Waals surface area contributed by atoms with Crippen LogP contribution in [0.2, 0.25) is 0 Å². The summed E-state index contributed by atoms with van der Waals surface area (Å²) in [6.07, 6.45) is 0. The Morgan fingerprint density at radius 1 is 0.769 bits per heavy atom. The van der Waals surface area contributed by atoms with Gasteiger partial charge in [-0.25, -0.2) is 0 Å². The second-order valence-corrected chi connectivity index (χ2v) is 6.77. The lowest BCUT2D eigenvalue weighted by Crippen LogP contribution is -2.55. The molecule has 3 aromatic carbocycles. The Morgan fingerprint density at radius 3 is 2.15 bits per heavy atom. The molecule has 26 heavy (non-hydrogen) atoms. The fourth-order valence-electron chi connectivity index (χ4n) is 4.21. The van der Waals surface area contributed by atoms with Crippen LogP contribution in [0.15, 0.2) is 72.8 Å². The smallest absolute Gasteiger partial charge is 0.186 e. The summed E-state index contributed by atoms with van der Waals surface area (Å²) in [5, 5.41) is 6.18. The minimum Gasteiger partial charge on any atom is -0.346 e. The topological polar surface area (TPSA) is 15.3 Å². The largest absolute Gasteiger partial charge is 0.346 e. The van der Waals surface area contributed by atoms with Gasteiger partial charge in [-0.05, 0) is 38.5 Å². The van der Waals surface area contributed by atoms with Crippen molar-refractivity contribution in [3.8, 4) is 0 Å². The zero-order valence-electron chi connectivity index (χ0n) is 15.7. The SMILES string of the molecule is CCN(CC)[N+]1(c2ccccc2)c2ccccc2Nc2cc(C)ccc21. The standard InChI is InChI=1S/C23H26N3/c1-4-25(5-2)26(19-11-7-6-8-12-19)22-14-10-9-13-20(22)24-21-17-18(3)15-16-23(21)26/h6-17,24H,4-5H2,1-3H3/q+1. The van der Waals surface area contributed by atoms with Gasteiger partial charge in [-0.1, -0.05) is 36.4 Å². The van der Waals surface area contributed by atoms with Crippen molar-refractivity contribution >= 4 is 28.4 Å². The summed E-state index contributed by atoms with van der Waals surface area (Å²) in [7, 11) is 0. The number of hydrogen-bond acceptors (Lipinski definition) is 2. The number of anilines is 2. The molecule has 4 rings (SSSR count). The van der Waals surface area contributed by atoms with E-state index in [9.17, 15) is 0 Å². The molecule has 3 heteroatoms. The number of nitrogens with zero attached hydrogens (tertiary/aromatic N) is 2. The van der Waals surface area contributed by atoms with Crippen LogP contribution in [0.25, 0.3) is 0 Å². The Kier molecular flexibility index (Phi) is 4.27. The highest BCUT2D eigenvalue weighted by Crippen LogP contribution is 2.55. The zero-order valence-corrected chi connectivity index (χ0v) is 15.7. The van der Waals surface area contributed by atoms with E-state index in [1.54, 1.807) is 0 Å². The number of aryl methyl sites for hydroxylation is 1. The Morgan fingerprint density at radius 2 is 1.42 bits per heavy atom. The first-order valence-electron chi connectivity index (χ1n) is 9.39. The quantitative estimate of drug-likeness (QED) is 0.560. The second-order valence-electron chi connectivity index (χ2n) is 6.77. The molecule has 1 aliphatic heterocycles. The van der Waals surface area contributed by atoms with E-state index in [2.05, 4.69) is 104 Å². The summed E-state index contributed by atoms with van der Waals surface area (Å²) in [6.45, 7) is 8.53. The third-order valence-corrected chi connectivity index (χ3v) is 5.31. The molecule has 0 amide bonds. The number of fused-ring (bicyclic) bond motifs is 2. The van der Waals surface area contributed by atoms with Crippen LogP contribution in [0, 0.1) is 6.92 Å². The van der Waals surface area contributed by atoms with Gasteiger partial charge in [0.25, 0.3) is 0 Å². The van der Waals surface area contributed by atoms with Gasteiger partial charge in [0.2, 0.25) is 0 Å². The minimum atomic E-state index is 0.618. The van der Waals surface area contributed by atoms with Gasteiger partial charge in [0.1, 0.15) is 11.4 Å². The van der Waals surface area contributed by atoms with E-state index in [0.717, 1.165) is 13.1 Å². The molecule has 0 fully saturated rings. The molecule has 3 aromatic rings. The van der Waals surface area contributed by atoms with Crippen molar-refractivity contribution in [2.45, 2.75) is 20.8 Å². The van der Waals surface area contributed by atoms with E-state index in [1.165, 1.54) is 34.0 Å². The Balaban J connectivity index is 2.13. The second kappa shape index (κ2) is 6.60. The van der Waals surface area contributed by atoms with Crippen LogP contribution in [-0.2, 0) is 0 Å². The van der Waals surface area contributed by atoms with Crippen molar-refractivity contribution in [2.24, 2.45) is 0 Å². The number of benzene rings is 3. The molecule has 132 valence electrons. The highest BCUT2D eigenvalue weighted by molar-refractivity contribution is 5.92. The Labute approximate surface area is 156 Å². The minimum absolute atomic E-state index is 0.618. The molecule has 1 N–H and O–H groups in total. The van der Waals surface area contributed by atoms with Gasteiger partial charge >= 0.3 is 0 Å². The molecular formula is C23H26N3+. The molecule has 3 nitrogen and oxygen atoms in total. The highest BCUT2D eigenvalue weighted by Gasteiger charge is 2.47. The molecule has 1 atom stereocenters. The van der Waals surface area contributed by atoms with Crippen molar-refractivity contribution in [3.05, 3.63) is 78.4 Å². The summed E-state index contributed by atoms with van der Waals surface area (Å²) in [4.78, 5) is 0. The fourth-order valence-corrected chi connectivity index (χ4v) is 4.21. The number of rotatable bonds is 4. The zero-order chi connectivity index (χ0) is 18.1. The molecular weight excluding hydrogens is 318 g/mol. The fraction of sp³-hybridized carbons (Fsp3) is 0.217. The predicted octanol–water partition coefficient (Wildman–Crippen LogP) is 6.28. The molecule has 0 aromatic heterocycles. The number of quaternary nitrogens is 1. The lowest BCUT2D eigenvalue weighted by Gasteiger charge is -2.47. The van der Waals surface area contributed by atoms with Gasteiger partial charge in [-0.2, -0.15) is 0 Å². The van der Waals surface area contributed by atoms with Gasteiger partial charge in [-0.15, -0.1) is 9.60 Å². The van der Waals surface area contributed by atoms with Crippen molar-refractivity contribution in [1.29, 1.82) is 0 Å². The molecule has 0 saturated heterocycles. The summed E-state index contributed by atoms with van der Waals surface area (Å²) < 4.78 is 0.618. The van der Waals surface area contributed by atoms with E-state index < -0.39 is 0 Å². The first-order chi connectivity index (χ1) is 12.7. The molecule has 1 heterocycles. The molecule has 0 spiro atoms. The van der Waals surface area contributed by atoms with E-state index in [0.29, 0.717) is 4.59 Å². The molecule has 0 bridgehead atoms. The van der Waals surface area contributed by atoms with Gasteiger partial charge in [0, 0.05) is 37.4 Å². The maximum Gasteiger partial charge on any atom is 0.186 e. The average molecular weight is 344 g/mol. The normalized spacial score (nSPS) is 18.2. The number of nitrogens with one attached hydrogen (secondary N) is 1. The van der Waals surface area contributed by atoms with Gasteiger partial charge in [0.15, 0.2) is 17.1 Å². The molecule has 0 saturated carbocycles. The van der Waals surface area contributed by atoms with Gasteiger partial charge in [-0.3, -0.25) is 0 Å². The van der Waals surface area contributed by atoms with Crippen molar-refractivity contribution in [1.82, 2.24) is 9.60 Å². The summed E-state index contributed by atoms with van der Waals surface area (Å²) in [6, 6.07) is 26.3. The maximum atomic E-state index is 3.67. The number of para-hydroxylation sites is 3. The van der Waals surface area contributed by atoms with Crippen molar-refractivity contribution in [2.75, 3.05) is 18.4 Å². The number of hydrogen-bond donors (Lipinski definition) is 1. The van der Waals surface area contributed by atoms with Crippen LogP contribution in [0.3, 0.4) is 0 Å². The van der Waals surface area contributed by atoms with E-state index in [4.69, 9.17) is 0 Å². The lowest BCUT2D eigenvalue weighted by atomic mass is 10.0. The molecule has 0 aliphatic carbocycles. The predicted molar refractivity (Wildman–Crippen MR) is 111 cm³/mol. The summed E-state index contributed by atoms with van der Waals surface area (Å²) >= 11 is 0. The molecule has 0 radical (unpaired) electrons. The summed E-state index contributed by atoms with van der Waals surface area (Å²) in [5.74, 6) is 0. The highest BCUT2D eigenvalue weighted by atomic mass is 15.8. The van der Waals surface area contributed by atoms with Crippen LogP contribution in [0.5, 0.6) is 0 Å². The lowest BCUT2D eigenvalue weighted by molar-refractivity contribution is 0.101. The third-order valence-electron chi connectivity index (χ3n) is 5.31. The molecule has 1 aliphatic rings. The third kappa shape index (κ3) is 2.36. The van der Waals surface area contributed by atoms with Crippen LogP contribution in [0.1, 0.15) is 19.4 Å². The van der Waals surface area contributed by atoms with E-state index in [1.807, 2.05) is 0 Å². The first kappa shape index (κ1) is 16.8. The van der Waals surface area contributed by atoms with Crippen molar-refractivity contribution in [3.63, 3.8) is 0 Å². The van der Waals surface area contributed by atoms with Gasteiger partial charge in [0.05, 0.1) is 0 Å². The van der Waals surface area contributed by atoms with Crippen LogP contribution in [-0.4, -0.2) is 18.1 Å². The maximum absolute atomic E-state index is 3.67. The summed E-state index contributed by atoms with van der Waals surface area (Å²) in [5.41, 5.74) is 7.40. The van der Waals surface area contributed by atoms with Crippen LogP contribution in [0.4, 0.5) is 28.4 Å². The molecule has 1 unspecified atom stereocenters. The Hall–Kier alpha value is -2.62. The van der Waals surface area contributed by atoms with Crippen molar-refractivity contribution < 1.29 is 0 Å². The van der Waals surface area contributed by atoms with Crippen LogP contribution < -0.4 is 9.91 Å². The van der Waals surface area contributed by atoms with E-state index in [-0.39, 0.29) is 0 Å².